The predicted octanol–water partition coefficient (Wildman–Crippen LogP) is 7.09. The van der Waals surface area contributed by atoms with Crippen molar-refractivity contribution in [1.29, 1.82) is 0 Å². The molecule has 1 aliphatic rings. The Labute approximate surface area is 171 Å². The molecule has 0 fully saturated rings. The maximum Gasteiger partial charge on any atom is 0.0544 e. The highest BCUT2D eigenvalue weighted by atomic mass is 15.0. The van der Waals surface area contributed by atoms with Gasteiger partial charge in [-0.3, -0.25) is 4.99 Å². The van der Waals surface area contributed by atoms with Crippen molar-refractivity contribution in [2.24, 2.45) is 4.99 Å². The Kier molecular flexibility index (Phi) is 4.40. The molecule has 3 aromatic carbocycles. The number of nitrogens with zero attached hydrogens (tertiary/aromatic N) is 2. The summed E-state index contributed by atoms with van der Waals surface area (Å²) in [5, 5.41) is 2.63. The fourth-order valence-electron chi connectivity index (χ4n) is 4.39. The minimum Gasteiger partial charge on any atom is -0.313 e. The first-order valence-electron chi connectivity index (χ1n) is 10.2. The van der Waals surface area contributed by atoms with Crippen molar-refractivity contribution >= 4 is 33.2 Å². The lowest BCUT2D eigenvalue weighted by molar-refractivity contribution is 0.979. The molecule has 0 amide bonds. The molecule has 0 spiro atoms. The molecule has 1 aromatic heterocycles. The van der Waals surface area contributed by atoms with E-state index in [0.29, 0.717) is 0 Å². The van der Waals surface area contributed by atoms with Gasteiger partial charge in [0.25, 0.3) is 0 Å². The zero-order valence-corrected chi connectivity index (χ0v) is 16.9. The van der Waals surface area contributed by atoms with E-state index in [0.717, 1.165) is 18.6 Å². The van der Waals surface area contributed by atoms with E-state index < -0.39 is 0 Å². The molecule has 0 atom stereocenters. The fraction of sp³-hybridized carbons (Fsp3) is 0.148. The van der Waals surface area contributed by atoms with Gasteiger partial charge in [-0.05, 0) is 60.7 Å². The molecule has 2 heteroatoms. The number of aliphatic imine (C=N–C) groups is 1. The smallest absolute Gasteiger partial charge is 0.0544 e. The minimum absolute atomic E-state index is 1.06. The van der Waals surface area contributed by atoms with Crippen LogP contribution >= 0.6 is 0 Å². The van der Waals surface area contributed by atoms with Crippen LogP contribution < -0.4 is 0 Å². The third kappa shape index (κ3) is 2.92. The van der Waals surface area contributed by atoms with Gasteiger partial charge in [-0.2, -0.15) is 0 Å². The van der Waals surface area contributed by atoms with E-state index in [4.69, 9.17) is 0 Å². The van der Waals surface area contributed by atoms with Gasteiger partial charge in [-0.15, -0.1) is 0 Å². The summed E-state index contributed by atoms with van der Waals surface area (Å²) in [5.74, 6) is 0. The molecule has 1 heterocycles. The van der Waals surface area contributed by atoms with Crippen molar-refractivity contribution in [3.8, 4) is 11.1 Å². The lowest BCUT2D eigenvalue weighted by atomic mass is 9.97. The van der Waals surface area contributed by atoms with E-state index >= 15 is 0 Å². The third-order valence-corrected chi connectivity index (χ3v) is 5.90. The topological polar surface area (TPSA) is 17.3 Å². The van der Waals surface area contributed by atoms with Gasteiger partial charge < -0.3 is 4.57 Å². The minimum atomic E-state index is 1.06. The lowest BCUT2D eigenvalue weighted by Gasteiger charge is -2.14. The standard InChI is InChI=1S/C27H24N2/c1-19(28-2)20-10-8-11-21(18-20)23-15-9-17-26-27(23)24-14-6-7-16-25(24)29(26)22-12-4-3-5-13-22/h3-4,6-12,14-18H,5,13H2,1-2H3. The number of aromatic nitrogens is 1. The highest BCUT2D eigenvalue weighted by Gasteiger charge is 2.17. The molecule has 2 nitrogen and oxygen atoms in total. The van der Waals surface area contributed by atoms with E-state index in [9.17, 15) is 0 Å². The lowest BCUT2D eigenvalue weighted by Crippen LogP contribution is -1.98. The summed E-state index contributed by atoms with van der Waals surface area (Å²) in [6.45, 7) is 2.06. The summed E-state index contributed by atoms with van der Waals surface area (Å²) in [6.07, 6.45) is 8.84. The van der Waals surface area contributed by atoms with Crippen molar-refractivity contribution in [1.82, 2.24) is 4.57 Å². The molecule has 0 N–H and O–H groups in total. The molecular weight excluding hydrogens is 352 g/mol. The molecule has 0 bridgehead atoms. The Morgan fingerprint density at radius 3 is 2.59 bits per heavy atom. The zero-order valence-electron chi connectivity index (χ0n) is 16.9. The Hall–Kier alpha value is -3.39. The van der Waals surface area contributed by atoms with Crippen LogP contribution in [-0.4, -0.2) is 17.3 Å². The van der Waals surface area contributed by atoms with Crippen LogP contribution in [-0.2, 0) is 0 Å². The summed E-state index contributed by atoms with van der Waals surface area (Å²) in [4.78, 5) is 4.37. The largest absolute Gasteiger partial charge is 0.313 e. The number of para-hydroxylation sites is 1. The highest BCUT2D eigenvalue weighted by Crippen LogP contribution is 2.39. The molecule has 5 rings (SSSR count). The van der Waals surface area contributed by atoms with E-state index in [1.54, 1.807) is 0 Å². The summed E-state index contributed by atoms with van der Waals surface area (Å²) >= 11 is 0. The summed E-state index contributed by atoms with van der Waals surface area (Å²) in [6, 6.07) is 24.2. The number of benzene rings is 3. The molecule has 0 aliphatic heterocycles. The molecule has 0 unspecified atom stereocenters. The van der Waals surface area contributed by atoms with Gasteiger partial charge in [0.05, 0.1) is 11.0 Å². The number of allylic oxidation sites excluding steroid dienone is 4. The van der Waals surface area contributed by atoms with Crippen LogP contribution in [0.15, 0.2) is 90.0 Å². The van der Waals surface area contributed by atoms with Crippen LogP contribution in [0.1, 0.15) is 25.3 Å². The molecule has 0 saturated carbocycles. The Balaban J connectivity index is 1.84. The summed E-state index contributed by atoms with van der Waals surface area (Å²) in [7, 11) is 1.85. The second-order valence-electron chi connectivity index (χ2n) is 7.57. The molecule has 0 saturated heterocycles. The van der Waals surface area contributed by atoms with Gasteiger partial charge in [0.15, 0.2) is 0 Å². The zero-order chi connectivity index (χ0) is 19.8. The van der Waals surface area contributed by atoms with Crippen LogP contribution in [0.2, 0.25) is 0 Å². The second kappa shape index (κ2) is 7.21. The summed E-state index contributed by atoms with van der Waals surface area (Å²) in [5.41, 5.74) is 8.65. The third-order valence-electron chi connectivity index (χ3n) is 5.90. The monoisotopic (exact) mass is 376 g/mol. The molecule has 1 aliphatic carbocycles. The maximum atomic E-state index is 4.37. The van der Waals surface area contributed by atoms with Crippen LogP contribution in [0.3, 0.4) is 0 Å². The van der Waals surface area contributed by atoms with Gasteiger partial charge in [0.2, 0.25) is 0 Å². The Bertz CT molecular complexity index is 1320. The predicted molar refractivity (Wildman–Crippen MR) is 126 cm³/mol. The second-order valence-corrected chi connectivity index (χ2v) is 7.57. The first-order valence-corrected chi connectivity index (χ1v) is 10.2. The molecule has 142 valence electrons. The number of hydrogen-bond acceptors (Lipinski definition) is 1. The average molecular weight is 377 g/mol. The highest BCUT2D eigenvalue weighted by molar-refractivity contribution is 6.16. The maximum absolute atomic E-state index is 4.37. The molecule has 4 aromatic rings. The van der Waals surface area contributed by atoms with Gasteiger partial charge in [-0.25, -0.2) is 0 Å². The van der Waals surface area contributed by atoms with Crippen LogP contribution in [0.4, 0.5) is 0 Å². The number of hydrogen-bond donors (Lipinski definition) is 0. The number of fused-ring (bicyclic) bond motifs is 3. The van der Waals surface area contributed by atoms with E-state index in [-0.39, 0.29) is 0 Å². The van der Waals surface area contributed by atoms with Crippen molar-refractivity contribution in [3.05, 3.63) is 90.5 Å². The van der Waals surface area contributed by atoms with Gasteiger partial charge >= 0.3 is 0 Å². The first kappa shape index (κ1) is 17.7. The first-order chi connectivity index (χ1) is 14.3. The van der Waals surface area contributed by atoms with Gasteiger partial charge in [0, 0.05) is 29.2 Å². The van der Waals surface area contributed by atoms with Gasteiger partial charge in [0.1, 0.15) is 0 Å². The normalized spacial score (nSPS) is 14.6. The van der Waals surface area contributed by atoms with Crippen molar-refractivity contribution in [3.63, 3.8) is 0 Å². The van der Waals surface area contributed by atoms with Crippen LogP contribution in [0.25, 0.3) is 38.6 Å². The average Bonchev–Trinajstić information content (AvgIpc) is 3.14. The quantitative estimate of drug-likeness (QED) is 0.340. The Morgan fingerprint density at radius 2 is 1.76 bits per heavy atom. The van der Waals surface area contributed by atoms with E-state index in [2.05, 4.69) is 101 Å². The van der Waals surface area contributed by atoms with Gasteiger partial charge in [-0.1, -0.05) is 60.7 Å². The molecule has 0 radical (unpaired) electrons. The van der Waals surface area contributed by atoms with Crippen molar-refractivity contribution in [2.75, 3.05) is 7.05 Å². The SMILES string of the molecule is CN=C(C)c1cccc(-c2cccc3c2c2ccccc2n3C2=CC=CCC2)c1. The summed E-state index contributed by atoms with van der Waals surface area (Å²) < 4.78 is 2.44. The van der Waals surface area contributed by atoms with Crippen molar-refractivity contribution < 1.29 is 0 Å². The fourth-order valence-corrected chi connectivity index (χ4v) is 4.39. The van der Waals surface area contributed by atoms with Crippen LogP contribution in [0.5, 0.6) is 0 Å². The molecular formula is C27H24N2. The van der Waals surface area contributed by atoms with E-state index in [1.165, 1.54) is 44.2 Å². The van der Waals surface area contributed by atoms with Crippen molar-refractivity contribution in [2.45, 2.75) is 19.8 Å². The molecule has 29 heavy (non-hydrogen) atoms. The van der Waals surface area contributed by atoms with Crippen LogP contribution in [0, 0.1) is 0 Å². The Morgan fingerprint density at radius 1 is 0.931 bits per heavy atom. The number of rotatable bonds is 3. The van der Waals surface area contributed by atoms with E-state index in [1.807, 2.05) is 7.05 Å².